The van der Waals surface area contributed by atoms with Gasteiger partial charge in [0.2, 0.25) is 0 Å². The predicted octanol–water partition coefficient (Wildman–Crippen LogP) is 2.37. The van der Waals surface area contributed by atoms with Gasteiger partial charge in [-0.3, -0.25) is 0 Å². The van der Waals surface area contributed by atoms with Gasteiger partial charge in [0.25, 0.3) is 0 Å². The van der Waals surface area contributed by atoms with Crippen molar-refractivity contribution in [3.8, 4) is 10.9 Å². The Morgan fingerprint density at radius 3 is 2.36 bits per heavy atom. The number of benzene rings is 1. The molecule has 0 amide bonds. The first kappa shape index (κ1) is 8.12. The quantitative estimate of drug-likeness (QED) is 0.622. The molecule has 0 saturated heterocycles. The first-order valence-electron chi connectivity index (χ1n) is 3.30. The lowest BCUT2D eigenvalue weighted by Crippen LogP contribution is -1.81. The van der Waals surface area contributed by atoms with Crippen LogP contribution in [-0.4, -0.2) is 13.4 Å². The van der Waals surface area contributed by atoms with Crippen LogP contribution in [0.3, 0.4) is 0 Å². The van der Waals surface area contributed by atoms with Crippen LogP contribution in [0.25, 0.3) is 0 Å². The molecule has 11 heavy (non-hydrogen) atoms. The third-order valence-electron chi connectivity index (χ3n) is 1.31. The summed E-state index contributed by atoms with van der Waals surface area (Å²) < 4.78 is 5.01. The molecule has 0 atom stereocenters. The van der Waals surface area contributed by atoms with Gasteiger partial charge in [0.05, 0.1) is 7.11 Å². The van der Waals surface area contributed by atoms with E-state index in [1.54, 1.807) is 18.3 Å². The molecule has 0 radical (unpaired) electrons. The molecule has 2 heteroatoms. The van der Waals surface area contributed by atoms with Crippen molar-refractivity contribution >= 4 is 11.2 Å². The summed E-state index contributed by atoms with van der Waals surface area (Å²) in [7, 11) is 1.66. The van der Waals surface area contributed by atoms with Gasteiger partial charge in [0, 0.05) is 11.8 Å². The molecule has 0 N–H and O–H groups in total. The molecule has 0 aliphatic carbocycles. The van der Waals surface area contributed by atoms with Crippen molar-refractivity contribution < 1.29 is 4.74 Å². The molecule has 1 rings (SSSR count). The third kappa shape index (κ3) is 2.26. The van der Waals surface area contributed by atoms with Crippen LogP contribution in [0.4, 0.5) is 0 Å². The summed E-state index contributed by atoms with van der Waals surface area (Å²) in [4.78, 5) is 0. The molecule has 0 unspecified atom stereocenters. The van der Waals surface area contributed by atoms with Crippen molar-refractivity contribution in [1.82, 2.24) is 0 Å². The van der Waals surface area contributed by atoms with E-state index in [2.05, 4.69) is 5.18 Å². The van der Waals surface area contributed by atoms with Crippen molar-refractivity contribution in [2.24, 2.45) is 0 Å². The molecule has 0 fully saturated rings. The van der Waals surface area contributed by atoms with Crippen molar-refractivity contribution in [3.63, 3.8) is 0 Å². The second kappa shape index (κ2) is 4.02. The van der Waals surface area contributed by atoms with Crippen LogP contribution in [0, 0.1) is 5.18 Å². The second-order valence-electron chi connectivity index (χ2n) is 2.03. The van der Waals surface area contributed by atoms with Gasteiger partial charge in [-0.05, 0) is 24.3 Å². The minimum Gasteiger partial charge on any atom is -0.497 e. The van der Waals surface area contributed by atoms with E-state index in [4.69, 9.17) is 4.74 Å². The fourth-order valence-corrected chi connectivity index (χ4v) is 1.15. The molecule has 58 valence electrons. The van der Waals surface area contributed by atoms with Gasteiger partial charge in [-0.15, -0.1) is 11.2 Å². The molecule has 0 aromatic heterocycles. The first-order valence-corrected chi connectivity index (χ1v) is 4.52. The largest absolute Gasteiger partial charge is 0.497 e. The van der Waals surface area contributed by atoms with E-state index in [0.717, 1.165) is 11.3 Å². The van der Waals surface area contributed by atoms with Crippen LogP contribution >= 0.6 is 11.2 Å². The molecular formula is C9H10OS. The van der Waals surface area contributed by atoms with Gasteiger partial charge < -0.3 is 4.74 Å². The van der Waals surface area contributed by atoms with E-state index in [-0.39, 0.29) is 0 Å². The molecule has 0 saturated carbocycles. The Kier molecular flexibility index (Phi) is 2.96. The summed E-state index contributed by atoms with van der Waals surface area (Å²) in [6, 6.07) is 7.82. The first-order chi connectivity index (χ1) is 5.36. The zero-order valence-electron chi connectivity index (χ0n) is 6.63. The SMILES string of the molecule is COc1ccc(C#SC)cc1. The average molecular weight is 166 g/mol. The molecule has 1 aromatic carbocycles. The lowest BCUT2D eigenvalue weighted by molar-refractivity contribution is 0.415. The fraction of sp³-hybridized carbons (Fsp3) is 0.222. The summed E-state index contributed by atoms with van der Waals surface area (Å²) in [5.41, 5.74) is 1.10. The van der Waals surface area contributed by atoms with E-state index in [1.807, 2.05) is 30.5 Å². The van der Waals surface area contributed by atoms with E-state index in [9.17, 15) is 0 Å². The lowest BCUT2D eigenvalue weighted by atomic mass is 10.2. The lowest BCUT2D eigenvalue weighted by Gasteiger charge is -1.96. The van der Waals surface area contributed by atoms with Gasteiger partial charge in [0.15, 0.2) is 0 Å². The summed E-state index contributed by atoms with van der Waals surface area (Å²) in [6.45, 7) is 0. The maximum absolute atomic E-state index is 5.01. The zero-order valence-corrected chi connectivity index (χ0v) is 7.44. The minimum atomic E-state index is 0.886. The van der Waals surface area contributed by atoms with Crippen LogP contribution in [0.2, 0.25) is 0 Å². The van der Waals surface area contributed by atoms with Crippen LogP contribution in [0.5, 0.6) is 5.75 Å². The van der Waals surface area contributed by atoms with Crippen LogP contribution < -0.4 is 4.74 Å². The summed E-state index contributed by atoms with van der Waals surface area (Å²) in [5.74, 6) is 0.886. The van der Waals surface area contributed by atoms with Gasteiger partial charge in [-0.25, -0.2) is 0 Å². The molecule has 0 heterocycles. The van der Waals surface area contributed by atoms with E-state index < -0.39 is 0 Å². The normalized spacial score (nSPS) is 8.55. The fourth-order valence-electron chi connectivity index (χ4n) is 0.777. The molecule has 1 aromatic rings. The minimum absolute atomic E-state index is 0.886. The van der Waals surface area contributed by atoms with E-state index >= 15 is 0 Å². The zero-order chi connectivity index (χ0) is 8.10. The van der Waals surface area contributed by atoms with E-state index in [0.29, 0.717) is 0 Å². The maximum atomic E-state index is 5.01. The maximum Gasteiger partial charge on any atom is 0.118 e. The van der Waals surface area contributed by atoms with Gasteiger partial charge in [0.1, 0.15) is 5.75 Å². The Balaban J connectivity index is 2.88. The molecule has 0 aliphatic heterocycles. The average Bonchev–Trinajstić information content (AvgIpc) is 2.07. The van der Waals surface area contributed by atoms with Crippen molar-refractivity contribution in [3.05, 3.63) is 29.8 Å². The van der Waals surface area contributed by atoms with Crippen LogP contribution in [-0.2, 0) is 0 Å². The Bertz CT molecular complexity index is 279. The highest BCUT2D eigenvalue weighted by molar-refractivity contribution is 7.88. The monoisotopic (exact) mass is 166 g/mol. The van der Waals surface area contributed by atoms with Gasteiger partial charge in [-0.2, -0.15) is 0 Å². The van der Waals surface area contributed by atoms with Crippen molar-refractivity contribution in [2.45, 2.75) is 0 Å². The smallest absolute Gasteiger partial charge is 0.118 e. The van der Waals surface area contributed by atoms with Gasteiger partial charge >= 0.3 is 0 Å². The second-order valence-corrected chi connectivity index (χ2v) is 2.65. The summed E-state index contributed by atoms with van der Waals surface area (Å²) in [6.07, 6.45) is 1.99. The van der Waals surface area contributed by atoms with Crippen LogP contribution in [0.1, 0.15) is 5.56 Å². The molecular weight excluding hydrogens is 156 g/mol. The molecule has 0 bridgehead atoms. The molecule has 1 nitrogen and oxygen atoms in total. The molecule has 0 spiro atoms. The Labute approximate surface area is 70.6 Å². The van der Waals surface area contributed by atoms with Crippen molar-refractivity contribution in [1.29, 1.82) is 0 Å². The van der Waals surface area contributed by atoms with Gasteiger partial charge in [-0.1, -0.05) is 5.18 Å². The highest BCUT2D eigenvalue weighted by Crippen LogP contribution is 2.10. The topological polar surface area (TPSA) is 9.23 Å². The molecule has 0 aliphatic rings. The Morgan fingerprint density at radius 2 is 1.91 bits per heavy atom. The van der Waals surface area contributed by atoms with Crippen LogP contribution in [0.15, 0.2) is 24.3 Å². The number of hydrogen-bond donors (Lipinski definition) is 0. The number of ether oxygens (including phenoxy) is 1. The van der Waals surface area contributed by atoms with Crippen molar-refractivity contribution in [2.75, 3.05) is 13.4 Å². The van der Waals surface area contributed by atoms with E-state index in [1.165, 1.54) is 0 Å². The highest BCUT2D eigenvalue weighted by atomic mass is 32.1. The highest BCUT2D eigenvalue weighted by Gasteiger charge is 1.88. The number of methoxy groups -OCH3 is 1. The summed E-state index contributed by atoms with van der Waals surface area (Å²) in [5, 5.41) is 3.12. The third-order valence-corrected chi connectivity index (χ3v) is 1.75. The summed E-state index contributed by atoms with van der Waals surface area (Å²) >= 11 is 1.58. The Hall–Kier alpha value is -0.980. The predicted molar refractivity (Wildman–Crippen MR) is 49.5 cm³/mol. The Morgan fingerprint density at radius 1 is 1.27 bits per heavy atom. The standard InChI is InChI=1S/C9H10OS/c1-10-9-5-3-8(4-6-9)7-11-2/h3-6H,1-2H3. The number of rotatable bonds is 1. The number of hydrogen-bond acceptors (Lipinski definition) is 1.